The number of nitrogens with zero attached hydrogens (tertiary/aromatic N) is 1. The molecular weight excluding hydrogens is 428 g/mol. The molecule has 23 heavy (non-hydrogen) atoms. The van der Waals surface area contributed by atoms with E-state index >= 15 is 0 Å². The number of hydrogen-bond acceptors (Lipinski definition) is 4. The fraction of sp³-hybridized carbons (Fsp3) is 0.125. The van der Waals surface area contributed by atoms with E-state index in [2.05, 4.69) is 42.4 Å². The Balaban J connectivity index is 1.86. The minimum Gasteiger partial charge on any atom is -0.497 e. The van der Waals surface area contributed by atoms with E-state index in [4.69, 9.17) is 9.47 Å². The molecule has 0 spiro atoms. The molecule has 5 nitrogen and oxygen atoms in total. The molecule has 0 saturated carbocycles. The highest BCUT2D eigenvalue weighted by atomic mass is 79.9. The highest BCUT2D eigenvalue weighted by Crippen LogP contribution is 2.21. The van der Waals surface area contributed by atoms with Gasteiger partial charge in [0.05, 0.1) is 13.3 Å². The molecule has 1 amide bonds. The van der Waals surface area contributed by atoms with Crippen LogP contribution in [-0.4, -0.2) is 25.8 Å². The standard InChI is InChI=1S/C16H14Br2N2O3/c1-22-13-5-6-15(18)11(7-13)9-19-20-16(21)10-23-14-4-2-3-12(17)8-14/h2-9H,10H2,1H3,(H,20,21)/b19-9-. The minimum atomic E-state index is -0.347. The third-order valence-corrected chi connectivity index (χ3v) is 3.98. The van der Waals surface area contributed by atoms with Crippen LogP contribution < -0.4 is 14.9 Å². The van der Waals surface area contributed by atoms with Crippen LogP contribution in [0.2, 0.25) is 0 Å². The van der Waals surface area contributed by atoms with Crippen molar-refractivity contribution < 1.29 is 14.3 Å². The van der Waals surface area contributed by atoms with Gasteiger partial charge in [-0.05, 0) is 36.4 Å². The molecule has 1 N–H and O–H groups in total. The molecule has 0 atom stereocenters. The molecule has 0 aromatic heterocycles. The van der Waals surface area contributed by atoms with Crippen molar-refractivity contribution in [3.05, 3.63) is 57.0 Å². The summed E-state index contributed by atoms with van der Waals surface area (Å²) in [4.78, 5) is 11.7. The molecule has 0 bridgehead atoms. The number of methoxy groups -OCH3 is 1. The predicted molar refractivity (Wildman–Crippen MR) is 96.1 cm³/mol. The molecule has 0 saturated heterocycles. The summed E-state index contributed by atoms with van der Waals surface area (Å²) in [5.41, 5.74) is 3.20. The van der Waals surface area contributed by atoms with Gasteiger partial charge in [0.15, 0.2) is 6.61 Å². The summed E-state index contributed by atoms with van der Waals surface area (Å²) in [5, 5.41) is 3.91. The number of carbonyl (C=O) groups is 1. The first-order valence-electron chi connectivity index (χ1n) is 6.62. The third-order valence-electron chi connectivity index (χ3n) is 2.76. The predicted octanol–water partition coefficient (Wildman–Crippen LogP) is 3.75. The maximum Gasteiger partial charge on any atom is 0.277 e. The van der Waals surface area contributed by atoms with Crippen molar-refractivity contribution in [2.24, 2.45) is 5.10 Å². The molecule has 120 valence electrons. The lowest BCUT2D eigenvalue weighted by Gasteiger charge is -2.05. The van der Waals surface area contributed by atoms with Crippen molar-refractivity contribution in [1.29, 1.82) is 0 Å². The fourth-order valence-electron chi connectivity index (χ4n) is 1.66. The highest BCUT2D eigenvalue weighted by molar-refractivity contribution is 9.10. The maximum absolute atomic E-state index is 11.7. The average Bonchev–Trinajstić information content (AvgIpc) is 2.55. The Hall–Kier alpha value is -1.86. The van der Waals surface area contributed by atoms with E-state index in [9.17, 15) is 4.79 Å². The first kappa shape index (κ1) is 17.5. The Morgan fingerprint density at radius 3 is 2.78 bits per heavy atom. The first-order valence-corrected chi connectivity index (χ1v) is 8.21. The molecule has 0 aliphatic rings. The van der Waals surface area contributed by atoms with Crippen LogP contribution in [0, 0.1) is 0 Å². The maximum atomic E-state index is 11.7. The van der Waals surface area contributed by atoms with Gasteiger partial charge in [-0.25, -0.2) is 5.43 Å². The lowest BCUT2D eigenvalue weighted by Crippen LogP contribution is -2.24. The topological polar surface area (TPSA) is 59.9 Å². The van der Waals surface area contributed by atoms with Gasteiger partial charge >= 0.3 is 0 Å². The first-order chi connectivity index (χ1) is 11.1. The summed E-state index contributed by atoms with van der Waals surface area (Å²) in [6.07, 6.45) is 1.53. The summed E-state index contributed by atoms with van der Waals surface area (Å²) in [5.74, 6) is 0.966. The molecule has 0 heterocycles. The second-order valence-electron chi connectivity index (χ2n) is 4.43. The van der Waals surface area contributed by atoms with Crippen LogP contribution in [0.25, 0.3) is 0 Å². The van der Waals surface area contributed by atoms with Crippen molar-refractivity contribution in [2.45, 2.75) is 0 Å². The number of rotatable bonds is 6. The van der Waals surface area contributed by atoms with Crippen LogP contribution in [0.3, 0.4) is 0 Å². The van der Waals surface area contributed by atoms with Crippen LogP contribution in [0.4, 0.5) is 0 Å². The lowest BCUT2D eigenvalue weighted by atomic mass is 10.2. The molecule has 2 aromatic rings. The molecule has 2 aromatic carbocycles. The normalized spacial score (nSPS) is 10.6. The Labute approximate surface area is 150 Å². The number of carbonyl (C=O) groups excluding carboxylic acids is 1. The highest BCUT2D eigenvalue weighted by Gasteiger charge is 2.03. The number of amides is 1. The molecule has 7 heteroatoms. The molecule has 0 radical (unpaired) electrons. The number of hydrazone groups is 1. The monoisotopic (exact) mass is 440 g/mol. The number of halogens is 2. The Kier molecular flexibility index (Phi) is 6.61. The number of benzene rings is 2. The minimum absolute atomic E-state index is 0.118. The number of hydrogen-bond donors (Lipinski definition) is 1. The van der Waals surface area contributed by atoms with Gasteiger partial charge in [-0.3, -0.25) is 4.79 Å². The molecular formula is C16H14Br2N2O3. The molecule has 0 aliphatic carbocycles. The van der Waals surface area contributed by atoms with Crippen LogP contribution in [-0.2, 0) is 4.79 Å². The Morgan fingerprint density at radius 1 is 1.22 bits per heavy atom. The second-order valence-corrected chi connectivity index (χ2v) is 6.20. The van der Waals surface area contributed by atoms with Gasteiger partial charge in [-0.1, -0.05) is 37.9 Å². The smallest absolute Gasteiger partial charge is 0.277 e. The van der Waals surface area contributed by atoms with Crippen LogP contribution in [0.15, 0.2) is 56.5 Å². The third kappa shape index (κ3) is 5.69. The zero-order valence-corrected chi connectivity index (χ0v) is 15.4. The summed E-state index contributed by atoms with van der Waals surface area (Å²) >= 11 is 6.74. The van der Waals surface area contributed by atoms with Crippen molar-refractivity contribution in [3.63, 3.8) is 0 Å². The van der Waals surface area contributed by atoms with Gasteiger partial charge < -0.3 is 9.47 Å². The molecule has 0 aliphatic heterocycles. The molecule has 2 rings (SSSR count). The van der Waals surface area contributed by atoms with E-state index in [0.29, 0.717) is 11.5 Å². The average molecular weight is 442 g/mol. The van der Waals surface area contributed by atoms with Gasteiger partial charge in [-0.2, -0.15) is 5.10 Å². The van der Waals surface area contributed by atoms with Gasteiger partial charge in [-0.15, -0.1) is 0 Å². The van der Waals surface area contributed by atoms with Crippen molar-refractivity contribution in [3.8, 4) is 11.5 Å². The Bertz CT molecular complexity index is 720. The molecule has 0 unspecified atom stereocenters. The van der Waals surface area contributed by atoms with Crippen molar-refractivity contribution >= 4 is 44.0 Å². The quantitative estimate of drug-likeness (QED) is 0.548. The Morgan fingerprint density at radius 2 is 2.04 bits per heavy atom. The van der Waals surface area contributed by atoms with Crippen molar-refractivity contribution in [2.75, 3.05) is 13.7 Å². The van der Waals surface area contributed by atoms with E-state index < -0.39 is 0 Å². The summed E-state index contributed by atoms with van der Waals surface area (Å²) in [7, 11) is 1.59. The van der Waals surface area contributed by atoms with E-state index in [1.807, 2.05) is 24.3 Å². The van der Waals surface area contributed by atoms with Gasteiger partial charge in [0.2, 0.25) is 0 Å². The number of ether oxygens (including phenoxy) is 2. The summed E-state index contributed by atoms with van der Waals surface area (Å²) < 4.78 is 12.2. The van der Waals surface area contributed by atoms with Gasteiger partial charge in [0, 0.05) is 14.5 Å². The second kappa shape index (κ2) is 8.69. The van der Waals surface area contributed by atoms with E-state index in [1.165, 1.54) is 6.21 Å². The van der Waals surface area contributed by atoms with Gasteiger partial charge in [0.25, 0.3) is 5.91 Å². The van der Waals surface area contributed by atoms with Crippen LogP contribution in [0.1, 0.15) is 5.56 Å². The summed E-state index contributed by atoms with van der Waals surface area (Å²) in [6, 6.07) is 12.7. The van der Waals surface area contributed by atoms with Crippen LogP contribution >= 0.6 is 31.9 Å². The largest absolute Gasteiger partial charge is 0.497 e. The lowest BCUT2D eigenvalue weighted by molar-refractivity contribution is -0.123. The van der Waals surface area contributed by atoms with Crippen molar-refractivity contribution in [1.82, 2.24) is 5.43 Å². The summed E-state index contributed by atoms with van der Waals surface area (Å²) in [6.45, 7) is -0.118. The van der Waals surface area contributed by atoms with Crippen LogP contribution in [0.5, 0.6) is 11.5 Å². The SMILES string of the molecule is COc1ccc(Br)c(/C=N\NC(=O)COc2cccc(Br)c2)c1. The zero-order valence-electron chi connectivity index (χ0n) is 12.3. The van der Waals surface area contributed by atoms with E-state index in [0.717, 1.165) is 14.5 Å². The zero-order chi connectivity index (χ0) is 16.7. The number of nitrogens with one attached hydrogen (secondary N) is 1. The van der Waals surface area contributed by atoms with Gasteiger partial charge in [0.1, 0.15) is 11.5 Å². The fourth-order valence-corrected chi connectivity index (χ4v) is 2.39. The van der Waals surface area contributed by atoms with E-state index in [1.54, 1.807) is 25.3 Å². The molecule has 0 fully saturated rings. The van der Waals surface area contributed by atoms with E-state index in [-0.39, 0.29) is 12.5 Å².